The number of hydrogen-bond donors (Lipinski definition) is 1. The quantitative estimate of drug-likeness (QED) is 0.853. The summed E-state index contributed by atoms with van der Waals surface area (Å²) in [6.07, 6.45) is 0.894. The maximum atomic E-state index is 14.3. The summed E-state index contributed by atoms with van der Waals surface area (Å²) >= 11 is 0. The zero-order valence-corrected chi connectivity index (χ0v) is 9.58. The van der Waals surface area contributed by atoms with Gasteiger partial charge in [-0.3, -0.25) is 0 Å². The summed E-state index contributed by atoms with van der Waals surface area (Å²) in [4.78, 5) is 0. The molecule has 88 valence electrons. The summed E-state index contributed by atoms with van der Waals surface area (Å²) in [6.45, 7) is 2.66. The van der Waals surface area contributed by atoms with E-state index >= 15 is 0 Å². The van der Waals surface area contributed by atoms with Gasteiger partial charge >= 0.3 is 0 Å². The molecule has 2 unspecified atom stereocenters. The van der Waals surface area contributed by atoms with Crippen molar-refractivity contribution in [2.75, 3.05) is 13.2 Å². The van der Waals surface area contributed by atoms with E-state index in [0.717, 1.165) is 11.1 Å². The first-order valence-electron chi connectivity index (χ1n) is 5.71. The van der Waals surface area contributed by atoms with E-state index in [9.17, 15) is 4.39 Å². The van der Waals surface area contributed by atoms with Crippen molar-refractivity contribution >= 4 is 0 Å². The molecule has 1 aliphatic heterocycles. The maximum Gasteiger partial charge on any atom is 0.140 e. The Kier molecular flexibility index (Phi) is 3.26. The Bertz CT molecular complexity index is 359. The molecular weight excluding hydrogens is 205 g/mol. The number of rotatable bonds is 3. The summed E-state index contributed by atoms with van der Waals surface area (Å²) in [5.41, 5.74) is 6.71. The van der Waals surface area contributed by atoms with Crippen LogP contribution >= 0.6 is 0 Å². The number of alkyl halides is 1. The normalized spacial score (nSPS) is 26.9. The van der Waals surface area contributed by atoms with Crippen molar-refractivity contribution in [2.24, 2.45) is 5.73 Å². The van der Waals surface area contributed by atoms with Gasteiger partial charge in [0.2, 0.25) is 0 Å². The minimum absolute atomic E-state index is 0.0536. The van der Waals surface area contributed by atoms with Gasteiger partial charge in [-0.1, -0.05) is 24.3 Å². The molecule has 0 spiro atoms. The Morgan fingerprint density at radius 2 is 2.25 bits per heavy atom. The van der Waals surface area contributed by atoms with Crippen LogP contribution in [0.15, 0.2) is 24.3 Å². The minimum atomic E-state index is -1.20. The molecule has 0 bridgehead atoms. The van der Waals surface area contributed by atoms with Gasteiger partial charge in [-0.2, -0.15) is 0 Å². The first-order valence-corrected chi connectivity index (χ1v) is 5.71. The summed E-state index contributed by atoms with van der Waals surface area (Å²) in [6, 6.07) is 7.75. The summed E-state index contributed by atoms with van der Waals surface area (Å²) in [5.74, 6) is 0. The van der Waals surface area contributed by atoms with E-state index in [1.807, 2.05) is 31.2 Å². The molecule has 2 N–H and O–H groups in total. The molecule has 0 saturated carbocycles. The third-order valence-electron chi connectivity index (χ3n) is 3.11. The van der Waals surface area contributed by atoms with Crippen LogP contribution in [0.5, 0.6) is 0 Å². The molecule has 0 amide bonds. The lowest BCUT2D eigenvalue weighted by atomic mass is 9.91. The van der Waals surface area contributed by atoms with Crippen LogP contribution in [-0.2, 0) is 11.2 Å². The van der Waals surface area contributed by atoms with Gasteiger partial charge in [-0.25, -0.2) is 4.39 Å². The number of nitrogens with two attached hydrogens (primary N) is 1. The predicted molar refractivity (Wildman–Crippen MR) is 62.0 cm³/mol. The fraction of sp³-hybridized carbons (Fsp3) is 0.538. The predicted octanol–water partition coefficient (Wildman–Crippen LogP) is 2.38. The number of benzene rings is 1. The molecule has 1 saturated heterocycles. The molecule has 2 atom stereocenters. The molecule has 16 heavy (non-hydrogen) atoms. The highest BCUT2D eigenvalue weighted by Gasteiger charge is 2.35. The first-order chi connectivity index (χ1) is 7.61. The average Bonchev–Trinajstić information content (AvgIpc) is 2.65. The SMILES string of the molecule is CC(N)c1ccccc1CC1(F)CCOC1. The summed E-state index contributed by atoms with van der Waals surface area (Å²) < 4.78 is 19.4. The van der Waals surface area contributed by atoms with Crippen molar-refractivity contribution in [1.29, 1.82) is 0 Å². The fourth-order valence-electron chi connectivity index (χ4n) is 2.20. The van der Waals surface area contributed by atoms with Crippen LogP contribution in [0.3, 0.4) is 0 Å². The Hall–Kier alpha value is -0.930. The van der Waals surface area contributed by atoms with E-state index in [2.05, 4.69) is 0 Å². The van der Waals surface area contributed by atoms with E-state index < -0.39 is 5.67 Å². The Balaban J connectivity index is 2.20. The number of hydrogen-bond acceptors (Lipinski definition) is 2. The molecule has 1 aromatic carbocycles. The maximum absolute atomic E-state index is 14.3. The monoisotopic (exact) mass is 223 g/mol. The van der Waals surface area contributed by atoms with Gasteiger partial charge < -0.3 is 10.5 Å². The van der Waals surface area contributed by atoms with E-state index in [4.69, 9.17) is 10.5 Å². The molecular formula is C13H18FNO. The lowest BCUT2D eigenvalue weighted by Gasteiger charge is -2.20. The molecule has 1 aromatic rings. The highest BCUT2D eigenvalue weighted by Crippen LogP contribution is 2.30. The molecule has 0 aromatic heterocycles. The summed E-state index contributed by atoms with van der Waals surface area (Å²) in [7, 11) is 0. The van der Waals surface area contributed by atoms with Crippen LogP contribution < -0.4 is 5.73 Å². The van der Waals surface area contributed by atoms with E-state index in [-0.39, 0.29) is 12.6 Å². The van der Waals surface area contributed by atoms with Crippen molar-refractivity contribution in [3.05, 3.63) is 35.4 Å². The Morgan fingerprint density at radius 1 is 1.50 bits per heavy atom. The zero-order chi connectivity index (χ0) is 11.6. The van der Waals surface area contributed by atoms with Gasteiger partial charge in [-0.05, 0) is 18.1 Å². The van der Waals surface area contributed by atoms with Crippen LogP contribution in [0, 0.1) is 0 Å². The van der Waals surface area contributed by atoms with Gasteiger partial charge in [0.25, 0.3) is 0 Å². The van der Waals surface area contributed by atoms with Crippen molar-refractivity contribution < 1.29 is 9.13 Å². The van der Waals surface area contributed by atoms with Crippen molar-refractivity contribution in [1.82, 2.24) is 0 Å². The number of ether oxygens (including phenoxy) is 1. The second kappa shape index (κ2) is 4.52. The molecule has 3 heteroatoms. The molecule has 0 aliphatic carbocycles. The lowest BCUT2D eigenvalue weighted by molar-refractivity contribution is 0.112. The van der Waals surface area contributed by atoms with Crippen LogP contribution in [0.2, 0.25) is 0 Å². The van der Waals surface area contributed by atoms with Gasteiger partial charge in [0, 0.05) is 25.5 Å². The largest absolute Gasteiger partial charge is 0.378 e. The third kappa shape index (κ3) is 2.42. The van der Waals surface area contributed by atoms with Crippen molar-refractivity contribution in [3.63, 3.8) is 0 Å². The highest BCUT2D eigenvalue weighted by molar-refractivity contribution is 5.31. The van der Waals surface area contributed by atoms with Crippen molar-refractivity contribution in [2.45, 2.75) is 31.5 Å². The van der Waals surface area contributed by atoms with Gasteiger partial charge in [0.05, 0.1) is 6.61 Å². The summed E-state index contributed by atoms with van der Waals surface area (Å²) in [5, 5.41) is 0. The van der Waals surface area contributed by atoms with Crippen molar-refractivity contribution in [3.8, 4) is 0 Å². The third-order valence-corrected chi connectivity index (χ3v) is 3.11. The van der Waals surface area contributed by atoms with E-state index in [1.54, 1.807) is 0 Å². The molecule has 1 fully saturated rings. The zero-order valence-electron chi connectivity index (χ0n) is 9.58. The molecule has 1 heterocycles. The van der Waals surface area contributed by atoms with Crippen LogP contribution in [0.4, 0.5) is 4.39 Å². The second-order valence-corrected chi connectivity index (χ2v) is 4.62. The smallest absolute Gasteiger partial charge is 0.140 e. The Labute approximate surface area is 95.6 Å². The van der Waals surface area contributed by atoms with Crippen LogP contribution in [0.25, 0.3) is 0 Å². The number of halogens is 1. The lowest BCUT2D eigenvalue weighted by Crippen LogP contribution is -2.27. The van der Waals surface area contributed by atoms with E-state index in [1.165, 1.54) is 0 Å². The second-order valence-electron chi connectivity index (χ2n) is 4.62. The fourth-order valence-corrected chi connectivity index (χ4v) is 2.20. The van der Waals surface area contributed by atoms with Crippen LogP contribution in [-0.4, -0.2) is 18.9 Å². The topological polar surface area (TPSA) is 35.2 Å². The minimum Gasteiger partial charge on any atom is -0.378 e. The van der Waals surface area contributed by atoms with Gasteiger partial charge in [0.15, 0.2) is 0 Å². The van der Waals surface area contributed by atoms with Gasteiger partial charge in [0.1, 0.15) is 5.67 Å². The average molecular weight is 223 g/mol. The van der Waals surface area contributed by atoms with Crippen LogP contribution in [0.1, 0.15) is 30.5 Å². The molecule has 0 radical (unpaired) electrons. The van der Waals surface area contributed by atoms with Gasteiger partial charge in [-0.15, -0.1) is 0 Å². The molecule has 2 rings (SSSR count). The Morgan fingerprint density at radius 3 is 2.88 bits per heavy atom. The van der Waals surface area contributed by atoms with E-state index in [0.29, 0.717) is 19.4 Å². The standard InChI is InChI=1S/C13H18FNO/c1-10(15)12-5-3-2-4-11(12)8-13(14)6-7-16-9-13/h2-5,10H,6-9,15H2,1H3. The molecule has 1 aliphatic rings. The highest BCUT2D eigenvalue weighted by atomic mass is 19.1. The first kappa shape index (κ1) is 11.6. The molecule has 2 nitrogen and oxygen atoms in total.